The van der Waals surface area contributed by atoms with Gasteiger partial charge in [0.15, 0.2) is 0 Å². The highest BCUT2D eigenvalue weighted by Gasteiger charge is 2.38. The summed E-state index contributed by atoms with van der Waals surface area (Å²) in [5.74, 6) is 0.135. The van der Waals surface area contributed by atoms with Crippen molar-refractivity contribution in [3.63, 3.8) is 0 Å². The average Bonchev–Trinajstić information content (AvgIpc) is 2.53. The van der Waals surface area contributed by atoms with Gasteiger partial charge in [0, 0.05) is 30.1 Å². The molecule has 2 atom stereocenters. The molecule has 1 N–H and O–H groups in total. The SMILES string of the molecule is C[C@@H](CO[C@H]1CCN(C(C)(C)C)C1=O)NC(C)(C)C. The van der Waals surface area contributed by atoms with Gasteiger partial charge in [-0.3, -0.25) is 4.79 Å². The fourth-order valence-electron chi connectivity index (χ4n) is 2.52. The standard InChI is InChI=1S/C15H30N2O2/c1-11(16-14(2,3)4)10-19-12-8-9-17(13(12)18)15(5,6)7/h11-12,16H,8-10H2,1-7H3/t11-,12-/m0/s1. The third-order valence-electron chi connectivity index (χ3n) is 3.19. The molecule has 4 nitrogen and oxygen atoms in total. The van der Waals surface area contributed by atoms with Gasteiger partial charge in [-0.1, -0.05) is 0 Å². The summed E-state index contributed by atoms with van der Waals surface area (Å²) in [5.41, 5.74) is -0.0373. The van der Waals surface area contributed by atoms with Crippen molar-refractivity contribution >= 4 is 5.91 Å². The molecule has 1 amide bonds. The van der Waals surface area contributed by atoms with Crippen LogP contribution < -0.4 is 5.32 Å². The van der Waals surface area contributed by atoms with Crippen molar-refractivity contribution in [3.05, 3.63) is 0 Å². The van der Waals surface area contributed by atoms with Gasteiger partial charge < -0.3 is 15.0 Å². The summed E-state index contributed by atoms with van der Waals surface area (Å²) in [4.78, 5) is 14.1. The van der Waals surface area contributed by atoms with E-state index in [9.17, 15) is 4.79 Å². The lowest BCUT2D eigenvalue weighted by Crippen LogP contribution is -2.46. The van der Waals surface area contributed by atoms with Crippen molar-refractivity contribution in [2.24, 2.45) is 0 Å². The lowest BCUT2D eigenvalue weighted by Gasteiger charge is -2.32. The number of hydrogen-bond donors (Lipinski definition) is 1. The molecule has 112 valence electrons. The number of nitrogens with zero attached hydrogens (tertiary/aromatic N) is 1. The first-order valence-corrected chi connectivity index (χ1v) is 7.21. The third-order valence-corrected chi connectivity index (χ3v) is 3.19. The molecule has 0 aromatic carbocycles. The lowest BCUT2D eigenvalue weighted by molar-refractivity contribution is -0.141. The first-order valence-electron chi connectivity index (χ1n) is 7.21. The first kappa shape index (κ1) is 16.4. The molecule has 1 fully saturated rings. The van der Waals surface area contributed by atoms with Gasteiger partial charge in [0.2, 0.25) is 0 Å². The second-order valence-corrected chi connectivity index (χ2v) is 7.57. The number of amides is 1. The van der Waals surface area contributed by atoms with Crippen LogP contribution in [0.25, 0.3) is 0 Å². The Hall–Kier alpha value is -0.610. The van der Waals surface area contributed by atoms with Gasteiger partial charge in [0.05, 0.1) is 6.61 Å². The van der Waals surface area contributed by atoms with Gasteiger partial charge in [-0.2, -0.15) is 0 Å². The Balaban J connectivity index is 2.42. The molecule has 19 heavy (non-hydrogen) atoms. The number of carbonyl (C=O) groups excluding carboxylic acids is 1. The van der Waals surface area contributed by atoms with Crippen LogP contribution in [-0.4, -0.2) is 47.2 Å². The van der Waals surface area contributed by atoms with E-state index in [0.29, 0.717) is 6.61 Å². The van der Waals surface area contributed by atoms with Gasteiger partial charge in [-0.15, -0.1) is 0 Å². The summed E-state index contributed by atoms with van der Waals surface area (Å²) in [5, 5.41) is 3.45. The molecule has 1 aliphatic rings. The summed E-state index contributed by atoms with van der Waals surface area (Å²) in [6.45, 7) is 16.1. The van der Waals surface area contributed by atoms with E-state index < -0.39 is 0 Å². The smallest absolute Gasteiger partial charge is 0.252 e. The van der Waals surface area contributed by atoms with Crippen molar-refractivity contribution < 1.29 is 9.53 Å². The summed E-state index contributed by atoms with van der Waals surface area (Å²) in [6.07, 6.45) is 0.543. The van der Waals surface area contributed by atoms with Crippen molar-refractivity contribution in [2.45, 2.75) is 78.1 Å². The first-order chi connectivity index (χ1) is 8.50. The Kier molecular flexibility index (Phi) is 5.02. The van der Waals surface area contributed by atoms with Crippen LogP contribution in [0.1, 0.15) is 54.9 Å². The van der Waals surface area contributed by atoms with Crippen molar-refractivity contribution in [1.82, 2.24) is 10.2 Å². The van der Waals surface area contributed by atoms with E-state index >= 15 is 0 Å². The molecule has 0 radical (unpaired) electrons. The summed E-state index contributed by atoms with van der Waals surface area (Å²) < 4.78 is 5.79. The lowest BCUT2D eigenvalue weighted by atomic mass is 10.1. The number of carbonyl (C=O) groups is 1. The molecule has 1 aliphatic heterocycles. The summed E-state index contributed by atoms with van der Waals surface area (Å²) in [6, 6.07) is 0.247. The molecule has 1 saturated heterocycles. The van der Waals surface area contributed by atoms with Gasteiger partial charge >= 0.3 is 0 Å². The molecular formula is C15H30N2O2. The van der Waals surface area contributed by atoms with Gasteiger partial charge in [0.25, 0.3) is 5.91 Å². The Bertz CT molecular complexity index is 315. The Labute approximate surface area is 117 Å². The second kappa shape index (κ2) is 5.80. The Morgan fingerprint density at radius 2 is 1.89 bits per heavy atom. The monoisotopic (exact) mass is 270 g/mol. The van der Waals surface area contributed by atoms with Crippen molar-refractivity contribution in [3.8, 4) is 0 Å². The Morgan fingerprint density at radius 3 is 2.32 bits per heavy atom. The highest BCUT2D eigenvalue weighted by Crippen LogP contribution is 2.23. The minimum absolute atomic E-state index is 0.0694. The van der Waals surface area contributed by atoms with Crippen LogP contribution in [0.2, 0.25) is 0 Å². The predicted octanol–water partition coefficient (Wildman–Crippen LogP) is 2.18. The fourth-order valence-corrected chi connectivity index (χ4v) is 2.52. The van der Waals surface area contributed by atoms with Crippen LogP contribution in [0.5, 0.6) is 0 Å². The molecule has 1 rings (SSSR count). The molecule has 0 aliphatic carbocycles. The van der Waals surface area contributed by atoms with Crippen LogP contribution in [0.3, 0.4) is 0 Å². The Morgan fingerprint density at radius 1 is 1.32 bits per heavy atom. The molecule has 1 heterocycles. The van der Waals surface area contributed by atoms with E-state index in [1.54, 1.807) is 0 Å². The molecule has 4 heteroatoms. The molecule has 0 aromatic rings. The molecule has 0 unspecified atom stereocenters. The minimum Gasteiger partial charge on any atom is -0.367 e. The zero-order valence-electron chi connectivity index (χ0n) is 13.5. The number of nitrogens with one attached hydrogen (secondary N) is 1. The zero-order chi connectivity index (χ0) is 14.8. The second-order valence-electron chi connectivity index (χ2n) is 7.57. The number of ether oxygens (including phenoxy) is 1. The van der Waals surface area contributed by atoms with Gasteiger partial charge in [0.1, 0.15) is 6.10 Å². The van der Waals surface area contributed by atoms with Crippen LogP contribution in [0.15, 0.2) is 0 Å². The molecular weight excluding hydrogens is 240 g/mol. The molecule has 0 spiro atoms. The maximum Gasteiger partial charge on any atom is 0.252 e. The largest absolute Gasteiger partial charge is 0.367 e. The minimum atomic E-state index is -0.261. The number of hydrogen-bond acceptors (Lipinski definition) is 3. The topological polar surface area (TPSA) is 41.6 Å². The van der Waals surface area contributed by atoms with E-state index in [1.807, 2.05) is 4.90 Å². The summed E-state index contributed by atoms with van der Waals surface area (Å²) in [7, 11) is 0. The van der Waals surface area contributed by atoms with Crippen LogP contribution in [0, 0.1) is 0 Å². The number of likely N-dealkylation sites (tertiary alicyclic amines) is 1. The highest BCUT2D eigenvalue weighted by atomic mass is 16.5. The zero-order valence-corrected chi connectivity index (χ0v) is 13.5. The van der Waals surface area contributed by atoms with E-state index in [2.05, 4.69) is 53.8 Å². The van der Waals surface area contributed by atoms with Crippen molar-refractivity contribution in [1.29, 1.82) is 0 Å². The summed E-state index contributed by atoms with van der Waals surface area (Å²) >= 11 is 0. The normalized spacial score (nSPS) is 23.0. The maximum atomic E-state index is 12.2. The predicted molar refractivity (Wildman–Crippen MR) is 78.2 cm³/mol. The van der Waals surface area contributed by atoms with Crippen LogP contribution in [-0.2, 0) is 9.53 Å². The molecule has 0 saturated carbocycles. The van der Waals surface area contributed by atoms with Gasteiger partial charge in [-0.25, -0.2) is 0 Å². The number of rotatable bonds is 4. The van der Waals surface area contributed by atoms with Gasteiger partial charge in [-0.05, 0) is 48.5 Å². The fraction of sp³-hybridized carbons (Fsp3) is 0.933. The molecule has 0 bridgehead atoms. The van der Waals surface area contributed by atoms with E-state index in [1.165, 1.54) is 0 Å². The van der Waals surface area contributed by atoms with Crippen LogP contribution >= 0.6 is 0 Å². The maximum absolute atomic E-state index is 12.2. The van der Waals surface area contributed by atoms with E-state index in [-0.39, 0.29) is 29.1 Å². The highest BCUT2D eigenvalue weighted by molar-refractivity contribution is 5.83. The molecule has 0 aromatic heterocycles. The van der Waals surface area contributed by atoms with Crippen LogP contribution in [0.4, 0.5) is 0 Å². The van der Waals surface area contributed by atoms with E-state index in [0.717, 1.165) is 13.0 Å². The van der Waals surface area contributed by atoms with Crippen molar-refractivity contribution in [2.75, 3.05) is 13.2 Å². The third kappa shape index (κ3) is 5.11. The van der Waals surface area contributed by atoms with E-state index in [4.69, 9.17) is 4.74 Å². The quantitative estimate of drug-likeness (QED) is 0.851. The average molecular weight is 270 g/mol.